The van der Waals surface area contributed by atoms with E-state index in [-0.39, 0.29) is 24.0 Å². The Morgan fingerprint density at radius 1 is 1.30 bits per heavy atom. The van der Waals surface area contributed by atoms with Crippen LogP contribution >= 0.6 is 24.0 Å². The monoisotopic (exact) mass is 486 g/mol. The summed E-state index contributed by atoms with van der Waals surface area (Å²) in [5, 5.41) is 14.7. The molecule has 1 heterocycles. The molecule has 0 amide bonds. The van der Waals surface area contributed by atoms with Gasteiger partial charge in [0.05, 0.1) is 6.61 Å². The Hall–Kier alpha value is -1.84. The lowest BCUT2D eigenvalue weighted by atomic mass is 10.2. The maximum Gasteiger partial charge on any atom is 0.191 e. The molecule has 1 aromatic carbocycles. The van der Waals surface area contributed by atoms with Gasteiger partial charge in [-0.2, -0.15) is 0 Å². The van der Waals surface area contributed by atoms with Crippen molar-refractivity contribution in [2.45, 2.75) is 40.3 Å². The number of rotatable bonds is 9. The summed E-state index contributed by atoms with van der Waals surface area (Å²) in [6.07, 6.45) is 2.64. The fourth-order valence-corrected chi connectivity index (χ4v) is 2.45. The highest BCUT2D eigenvalue weighted by atomic mass is 127. The molecule has 150 valence electrons. The van der Waals surface area contributed by atoms with Crippen molar-refractivity contribution in [2.24, 2.45) is 10.9 Å². The van der Waals surface area contributed by atoms with E-state index in [0.29, 0.717) is 12.5 Å². The van der Waals surface area contributed by atoms with Gasteiger partial charge in [0, 0.05) is 33.1 Å². The molecule has 0 aliphatic rings. The van der Waals surface area contributed by atoms with Crippen LogP contribution < -0.4 is 15.4 Å². The summed E-state index contributed by atoms with van der Waals surface area (Å²) in [5.41, 5.74) is 1.15. The van der Waals surface area contributed by atoms with Crippen LogP contribution in [0, 0.1) is 5.92 Å². The Bertz CT molecular complexity index is 701. The second-order valence-corrected chi connectivity index (χ2v) is 6.50. The Kier molecular flexibility index (Phi) is 10.8. The molecule has 0 atom stereocenters. The summed E-state index contributed by atoms with van der Waals surface area (Å²) in [5.74, 6) is 3.18. The van der Waals surface area contributed by atoms with Crippen molar-refractivity contribution in [3.8, 4) is 5.75 Å². The van der Waals surface area contributed by atoms with E-state index in [1.807, 2.05) is 12.1 Å². The zero-order valence-electron chi connectivity index (χ0n) is 16.6. The minimum absolute atomic E-state index is 0. The number of nitrogens with zero attached hydrogens (tertiary/aromatic N) is 4. The van der Waals surface area contributed by atoms with Crippen molar-refractivity contribution >= 4 is 29.9 Å². The van der Waals surface area contributed by atoms with Crippen molar-refractivity contribution in [1.29, 1.82) is 0 Å². The molecule has 0 aliphatic heterocycles. The third kappa shape index (κ3) is 8.15. The number of guanidine groups is 1. The van der Waals surface area contributed by atoms with Gasteiger partial charge in [0.2, 0.25) is 0 Å². The van der Waals surface area contributed by atoms with Crippen LogP contribution in [0.2, 0.25) is 0 Å². The van der Waals surface area contributed by atoms with Gasteiger partial charge in [-0.05, 0) is 23.6 Å². The van der Waals surface area contributed by atoms with Crippen LogP contribution in [0.15, 0.2) is 35.6 Å². The Morgan fingerprint density at radius 2 is 2.11 bits per heavy atom. The molecule has 8 heteroatoms. The maximum atomic E-state index is 5.78. The van der Waals surface area contributed by atoms with E-state index in [4.69, 9.17) is 4.74 Å². The molecule has 1 aromatic heterocycles. The summed E-state index contributed by atoms with van der Waals surface area (Å²) in [4.78, 5) is 4.27. The van der Waals surface area contributed by atoms with Gasteiger partial charge in [0.25, 0.3) is 0 Å². The molecule has 7 nitrogen and oxygen atoms in total. The van der Waals surface area contributed by atoms with Gasteiger partial charge >= 0.3 is 0 Å². The van der Waals surface area contributed by atoms with E-state index >= 15 is 0 Å². The summed E-state index contributed by atoms with van der Waals surface area (Å²) in [6.45, 7) is 9.33. The number of halogens is 1. The number of benzene rings is 1. The van der Waals surface area contributed by atoms with Crippen LogP contribution in [0.5, 0.6) is 5.75 Å². The topological polar surface area (TPSA) is 76.4 Å². The molecule has 2 N–H and O–H groups in total. The number of nitrogens with one attached hydrogen (secondary N) is 2. The predicted molar refractivity (Wildman–Crippen MR) is 120 cm³/mol. The highest BCUT2D eigenvalue weighted by Crippen LogP contribution is 2.14. The number of hydrogen-bond acceptors (Lipinski definition) is 4. The van der Waals surface area contributed by atoms with Crippen LogP contribution in [-0.4, -0.2) is 40.9 Å². The predicted octanol–water partition coefficient (Wildman–Crippen LogP) is 2.86. The van der Waals surface area contributed by atoms with Gasteiger partial charge in [-0.1, -0.05) is 32.9 Å². The fraction of sp³-hybridized carbons (Fsp3) is 0.526. The lowest BCUT2D eigenvalue weighted by Gasteiger charge is -2.14. The van der Waals surface area contributed by atoms with Crippen molar-refractivity contribution in [2.75, 3.05) is 20.2 Å². The van der Waals surface area contributed by atoms with E-state index < -0.39 is 0 Å². The van der Waals surface area contributed by atoms with Gasteiger partial charge in [-0.25, -0.2) is 0 Å². The zero-order valence-corrected chi connectivity index (χ0v) is 18.9. The minimum atomic E-state index is 0. The van der Waals surface area contributed by atoms with E-state index in [1.165, 1.54) is 0 Å². The molecule has 0 saturated heterocycles. The van der Waals surface area contributed by atoms with E-state index in [2.05, 4.69) is 63.3 Å². The Labute approximate surface area is 179 Å². The lowest BCUT2D eigenvalue weighted by Crippen LogP contribution is -2.38. The van der Waals surface area contributed by atoms with Crippen molar-refractivity contribution in [3.63, 3.8) is 0 Å². The van der Waals surface area contributed by atoms with E-state index in [1.54, 1.807) is 13.4 Å². The second-order valence-electron chi connectivity index (χ2n) is 6.50. The van der Waals surface area contributed by atoms with Crippen molar-refractivity contribution in [3.05, 3.63) is 42.0 Å². The zero-order chi connectivity index (χ0) is 18.8. The highest BCUT2D eigenvalue weighted by molar-refractivity contribution is 14.0. The first-order valence-corrected chi connectivity index (χ1v) is 9.15. The van der Waals surface area contributed by atoms with Gasteiger partial charge in [0.1, 0.15) is 17.9 Å². The summed E-state index contributed by atoms with van der Waals surface area (Å²) in [6, 6.07) is 8.14. The number of hydrogen-bond donors (Lipinski definition) is 2. The summed E-state index contributed by atoms with van der Waals surface area (Å²) < 4.78 is 7.83. The SMILES string of the molecule is CCc1nncn1CCNC(=NC)NCc1cccc(OCC(C)C)c1.I. The van der Waals surface area contributed by atoms with Crippen molar-refractivity contribution < 1.29 is 4.74 Å². The molecule has 2 aromatic rings. The van der Waals surface area contributed by atoms with Gasteiger partial charge in [-0.3, -0.25) is 4.99 Å². The summed E-state index contributed by atoms with van der Waals surface area (Å²) >= 11 is 0. The third-order valence-electron chi connectivity index (χ3n) is 3.82. The molecular weight excluding hydrogens is 455 g/mol. The van der Waals surface area contributed by atoms with Crippen molar-refractivity contribution in [1.82, 2.24) is 25.4 Å². The first kappa shape index (κ1) is 23.2. The number of aryl methyl sites for hydroxylation is 1. The van der Waals surface area contributed by atoms with Crippen LogP contribution in [0.1, 0.15) is 32.2 Å². The van der Waals surface area contributed by atoms with E-state index in [9.17, 15) is 0 Å². The first-order chi connectivity index (χ1) is 12.6. The average Bonchev–Trinajstić information content (AvgIpc) is 3.10. The maximum absolute atomic E-state index is 5.78. The van der Waals surface area contributed by atoms with E-state index in [0.717, 1.165) is 49.2 Å². The highest BCUT2D eigenvalue weighted by Gasteiger charge is 2.03. The molecular formula is C19H31IN6O. The number of aromatic nitrogens is 3. The fourth-order valence-electron chi connectivity index (χ4n) is 2.45. The summed E-state index contributed by atoms with van der Waals surface area (Å²) in [7, 11) is 1.77. The number of ether oxygens (including phenoxy) is 1. The van der Waals surface area contributed by atoms with Crippen LogP contribution in [0.3, 0.4) is 0 Å². The lowest BCUT2D eigenvalue weighted by molar-refractivity contribution is 0.271. The van der Waals surface area contributed by atoms with Crippen LogP contribution in [0.25, 0.3) is 0 Å². The quantitative estimate of drug-likeness (QED) is 0.324. The average molecular weight is 486 g/mol. The molecule has 0 saturated carbocycles. The minimum Gasteiger partial charge on any atom is -0.493 e. The second kappa shape index (κ2) is 12.5. The van der Waals surface area contributed by atoms with Gasteiger partial charge in [0.15, 0.2) is 5.96 Å². The van der Waals surface area contributed by atoms with Gasteiger partial charge < -0.3 is 19.9 Å². The molecule has 27 heavy (non-hydrogen) atoms. The Balaban J connectivity index is 0.00000364. The number of aliphatic imine (C=N–C) groups is 1. The molecule has 0 aliphatic carbocycles. The smallest absolute Gasteiger partial charge is 0.191 e. The molecule has 0 fully saturated rings. The molecule has 0 spiro atoms. The molecule has 2 rings (SSSR count). The third-order valence-corrected chi connectivity index (χ3v) is 3.82. The first-order valence-electron chi connectivity index (χ1n) is 9.15. The Morgan fingerprint density at radius 3 is 2.81 bits per heavy atom. The normalized spacial score (nSPS) is 11.2. The standard InChI is InChI=1S/C19H30N6O.HI/c1-5-18-24-23-14-25(18)10-9-21-19(20-4)22-12-16-7-6-8-17(11-16)26-13-15(2)3;/h6-8,11,14-15H,5,9-10,12-13H2,1-4H3,(H2,20,21,22);1H. The molecule has 0 radical (unpaired) electrons. The molecule has 0 unspecified atom stereocenters. The van der Waals surface area contributed by atoms with Crippen LogP contribution in [-0.2, 0) is 19.5 Å². The molecule has 0 bridgehead atoms. The largest absolute Gasteiger partial charge is 0.493 e. The van der Waals surface area contributed by atoms with Crippen LogP contribution in [0.4, 0.5) is 0 Å². The van der Waals surface area contributed by atoms with Gasteiger partial charge in [-0.15, -0.1) is 34.2 Å².